The molecule has 0 bridgehead atoms. The standard InChI is InChI=1S/C17H21ClN4O2/c1-22-15-5-3-4-13(12(15)9-20-22)21-17(23)10-19-14-8-11(18)6-7-16(14)24-2/h6-9,13,19H,3-5,10H2,1-2H3,(H,21,23)/t13-/m0/s1. The first-order chi connectivity index (χ1) is 11.6. The second-order valence-electron chi connectivity index (χ2n) is 5.88. The summed E-state index contributed by atoms with van der Waals surface area (Å²) in [5, 5.41) is 11.1. The molecule has 0 radical (unpaired) electrons. The van der Waals surface area contributed by atoms with Crippen LogP contribution >= 0.6 is 11.6 Å². The van der Waals surface area contributed by atoms with E-state index in [4.69, 9.17) is 16.3 Å². The quantitative estimate of drug-likeness (QED) is 0.871. The Hall–Kier alpha value is -2.21. The zero-order valence-electron chi connectivity index (χ0n) is 13.8. The van der Waals surface area contributed by atoms with Crippen molar-refractivity contribution in [3.8, 4) is 5.75 Å². The van der Waals surface area contributed by atoms with E-state index >= 15 is 0 Å². The number of halogens is 1. The number of hydrogen-bond acceptors (Lipinski definition) is 4. The SMILES string of the molecule is COc1ccc(Cl)cc1NCC(=O)N[C@H]1CCCc2c1cnn2C. The fraction of sp³-hybridized carbons (Fsp3) is 0.412. The van der Waals surface area contributed by atoms with Crippen LogP contribution in [0.2, 0.25) is 5.02 Å². The number of aryl methyl sites for hydroxylation is 1. The first-order valence-electron chi connectivity index (χ1n) is 7.96. The molecule has 1 amide bonds. The maximum absolute atomic E-state index is 12.3. The molecular weight excluding hydrogens is 328 g/mol. The minimum absolute atomic E-state index is 0.0259. The molecule has 2 N–H and O–H groups in total. The number of carbonyl (C=O) groups excluding carboxylic acids is 1. The highest BCUT2D eigenvalue weighted by atomic mass is 35.5. The third-order valence-corrected chi connectivity index (χ3v) is 4.55. The molecule has 6 nitrogen and oxygen atoms in total. The number of aromatic nitrogens is 2. The van der Waals surface area contributed by atoms with Crippen molar-refractivity contribution in [1.29, 1.82) is 0 Å². The van der Waals surface area contributed by atoms with Gasteiger partial charge in [0.05, 0.1) is 31.6 Å². The number of hydrogen-bond donors (Lipinski definition) is 2. The predicted octanol–water partition coefficient (Wildman–Crippen LogP) is 2.69. The molecule has 128 valence electrons. The van der Waals surface area contributed by atoms with Gasteiger partial charge in [-0.25, -0.2) is 0 Å². The molecule has 0 aliphatic heterocycles. The summed E-state index contributed by atoms with van der Waals surface area (Å²) in [7, 11) is 3.52. The van der Waals surface area contributed by atoms with Gasteiger partial charge in [-0.05, 0) is 37.5 Å². The van der Waals surface area contributed by atoms with Crippen LogP contribution in [0.3, 0.4) is 0 Å². The number of nitrogens with zero attached hydrogens (tertiary/aromatic N) is 2. The van der Waals surface area contributed by atoms with Gasteiger partial charge in [-0.3, -0.25) is 9.48 Å². The van der Waals surface area contributed by atoms with E-state index in [1.54, 1.807) is 25.3 Å². The molecule has 3 rings (SSSR count). The molecule has 0 unspecified atom stereocenters. The molecule has 0 spiro atoms. The van der Waals surface area contributed by atoms with Crippen molar-refractivity contribution in [2.45, 2.75) is 25.3 Å². The number of anilines is 1. The van der Waals surface area contributed by atoms with Crippen molar-refractivity contribution in [3.63, 3.8) is 0 Å². The molecule has 0 saturated heterocycles. The monoisotopic (exact) mass is 348 g/mol. The molecule has 0 saturated carbocycles. The van der Waals surface area contributed by atoms with Gasteiger partial charge in [0, 0.05) is 23.3 Å². The van der Waals surface area contributed by atoms with E-state index in [9.17, 15) is 4.79 Å². The number of fused-ring (bicyclic) bond motifs is 1. The Kier molecular flexibility index (Phi) is 4.94. The van der Waals surface area contributed by atoms with Gasteiger partial charge >= 0.3 is 0 Å². The highest BCUT2D eigenvalue weighted by molar-refractivity contribution is 6.30. The summed E-state index contributed by atoms with van der Waals surface area (Å²) in [5.74, 6) is 0.582. The van der Waals surface area contributed by atoms with E-state index in [0.29, 0.717) is 16.5 Å². The topological polar surface area (TPSA) is 68.2 Å². The fourth-order valence-electron chi connectivity index (χ4n) is 3.10. The molecule has 1 aromatic heterocycles. The minimum Gasteiger partial charge on any atom is -0.495 e. The van der Waals surface area contributed by atoms with Gasteiger partial charge in [0.15, 0.2) is 0 Å². The van der Waals surface area contributed by atoms with Crippen LogP contribution in [0.4, 0.5) is 5.69 Å². The maximum Gasteiger partial charge on any atom is 0.239 e. The van der Waals surface area contributed by atoms with E-state index < -0.39 is 0 Å². The molecule has 2 aromatic rings. The molecule has 0 fully saturated rings. The Balaban J connectivity index is 1.62. The number of ether oxygens (including phenoxy) is 1. The van der Waals surface area contributed by atoms with Crippen LogP contribution in [0.1, 0.15) is 30.1 Å². The van der Waals surface area contributed by atoms with Crippen LogP contribution in [-0.4, -0.2) is 29.3 Å². The lowest BCUT2D eigenvalue weighted by Crippen LogP contribution is -2.35. The van der Waals surface area contributed by atoms with Gasteiger partial charge in [-0.2, -0.15) is 5.10 Å². The van der Waals surface area contributed by atoms with Crippen LogP contribution in [0, 0.1) is 0 Å². The summed E-state index contributed by atoms with van der Waals surface area (Å²) < 4.78 is 7.16. The number of benzene rings is 1. The number of methoxy groups -OCH3 is 1. The largest absolute Gasteiger partial charge is 0.495 e. The zero-order chi connectivity index (χ0) is 17.1. The predicted molar refractivity (Wildman–Crippen MR) is 93.5 cm³/mol. The average molecular weight is 349 g/mol. The van der Waals surface area contributed by atoms with Gasteiger partial charge in [-0.1, -0.05) is 11.6 Å². The van der Waals surface area contributed by atoms with Gasteiger partial charge in [0.1, 0.15) is 5.75 Å². The molecule has 7 heteroatoms. The minimum atomic E-state index is -0.0706. The van der Waals surface area contributed by atoms with Crippen molar-refractivity contribution >= 4 is 23.2 Å². The van der Waals surface area contributed by atoms with Crippen molar-refractivity contribution in [1.82, 2.24) is 15.1 Å². The van der Waals surface area contributed by atoms with E-state index in [2.05, 4.69) is 15.7 Å². The van der Waals surface area contributed by atoms with Gasteiger partial charge in [0.2, 0.25) is 5.91 Å². The first-order valence-corrected chi connectivity index (χ1v) is 8.34. The number of amides is 1. The van der Waals surface area contributed by atoms with Gasteiger partial charge in [-0.15, -0.1) is 0 Å². The van der Waals surface area contributed by atoms with E-state index in [1.807, 2.05) is 17.9 Å². The normalized spacial score (nSPS) is 16.4. The lowest BCUT2D eigenvalue weighted by Gasteiger charge is -2.24. The molecule has 1 aromatic carbocycles. The van der Waals surface area contributed by atoms with E-state index in [0.717, 1.165) is 24.8 Å². The summed E-state index contributed by atoms with van der Waals surface area (Å²) >= 11 is 6.00. The van der Waals surface area contributed by atoms with Gasteiger partial charge in [0.25, 0.3) is 0 Å². The van der Waals surface area contributed by atoms with E-state index in [-0.39, 0.29) is 18.5 Å². The Morgan fingerprint density at radius 1 is 1.50 bits per heavy atom. The smallest absolute Gasteiger partial charge is 0.239 e. The van der Waals surface area contributed by atoms with Crippen molar-refractivity contribution in [2.24, 2.45) is 7.05 Å². The van der Waals surface area contributed by atoms with Crippen molar-refractivity contribution in [2.75, 3.05) is 19.0 Å². The Morgan fingerprint density at radius 2 is 2.33 bits per heavy atom. The van der Waals surface area contributed by atoms with Gasteiger partial charge < -0.3 is 15.4 Å². The number of rotatable bonds is 5. The Bertz CT molecular complexity index is 744. The lowest BCUT2D eigenvalue weighted by molar-refractivity contribution is -0.120. The third kappa shape index (κ3) is 3.48. The number of carbonyl (C=O) groups is 1. The molecule has 24 heavy (non-hydrogen) atoms. The van der Waals surface area contributed by atoms with Crippen LogP contribution in [0.25, 0.3) is 0 Å². The summed E-state index contributed by atoms with van der Waals surface area (Å²) in [6.07, 6.45) is 4.85. The summed E-state index contributed by atoms with van der Waals surface area (Å²) in [5.41, 5.74) is 3.03. The molecule has 1 atom stereocenters. The summed E-state index contributed by atoms with van der Waals surface area (Å²) in [6, 6.07) is 5.29. The van der Waals surface area contributed by atoms with E-state index in [1.165, 1.54) is 5.69 Å². The molecule has 1 aliphatic carbocycles. The third-order valence-electron chi connectivity index (χ3n) is 4.31. The molecule has 1 heterocycles. The summed E-state index contributed by atoms with van der Waals surface area (Å²) in [6.45, 7) is 0.156. The molecule has 1 aliphatic rings. The van der Waals surface area contributed by atoms with Crippen LogP contribution in [0.15, 0.2) is 24.4 Å². The second-order valence-corrected chi connectivity index (χ2v) is 6.32. The first kappa shape index (κ1) is 16.6. The van der Waals surface area contributed by atoms with Crippen molar-refractivity contribution < 1.29 is 9.53 Å². The second kappa shape index (κ2) is 7.13. The van der Waals surface area contributed by atoms with Crippen LogP contribution < -0.4 is 15.4 Å². The Morgan fingerprint density at radius 3 is 3.12 bits per heavy atom. The fourth-order valence-corrected chi connectivity index (χ4v) is 3.27. The maximum atomic E-state index is 12.3. The zero-order valence-corrected chi connectivity index (χ0v) is 14.6. The summed E-state index contributed by atoms with van der Waals surface area (Å²) in [4.78, 5) is 12.3. The molecular formula is C17H21ClN4O2. The highest BCUT2D eigenvalue weighted by Crippen LogP contribution is 2.29. The van der Waals surface area contributed by atoms with Crippen molar-refractivity contribution in [3.05, 3.63) is 40.7 Å². The van der Waals surface area contributed by atoms with Crippen LogP contribution in [-0.2, 0) is 18.3 Å². The highest BCUT2D eigenvalue weighted by Gasteiger charge is 2.24. The lowest BCUT2D eigenvalue weighted by atomic mass is 9.93. The Labute approximate surface area is 146 Å². The average Bonchev–Trinajstić information content (AvgIpc) is 2.96. The van der Waals surface area contributed by atoms with Crippen LogP contribution in [0.5, 0.6) is 5.75 Å². The number of nitrogens with one attached hydrogen (secondary N) is 2.